The molecule has 7 heteroatoms. The summed E-state index contributed by atoms with van der Waals surface area (Å²) in [5.74, 6) is 0.168. The van der Waals surface area contributed by atoms with Crippen molar-refractivity contribution in [1.29, 1.82) is 0 Å². The second-order valence-electron chi connectivity index (χ2n) is 5.83. The second kappa shape index (κ2) is 7.26. The first-order chi connectivity index (χ1) is 9.95. The van der Waals surface area contributed by atoms with E-state index < -0.39 is 0 Å². The minimum atomic E-state index is -0.216. The highest BCUT2D eigenvalue weighted by molar-refractivity contribution is 5.11. The Hall–Kier alpha value is -1.09. The smallest absolute Gasteiger partial charge is 0.0665 e. The molecule has 118 valence electrons. The molecule has 1 aromatic rings. The summed E-state index contributed by atoms with van der Waals surface area (Å²) < 4.78 is 0. The average Bonchev–Trinajstić information content (AvgIpc) is 2.41. The van der Waals surface area contributed by atoms with Crippen LogP contribution in [-0.4, -0.2) is 61.5 Å². The van der Waals surface area contributed by atoms with Crippen LogP contribution in [0.1, 0.15) is 25.2 Å². The van der Waals surface area contributed by atoms with Gasteiger partial charge >= 0.3 is 0 Å². The fourth-order valence-electron chi connectivity index (χ4n) is 2.44. The Balaban J connectivity index is 2.23. The van der Waals surface area contributed by atoms with Crippen LogP contribution in [0.3, 0.4) is 0 Å². The van der Waals surface area contributed by atoms with Gasteiger partial charge < -0.3 is 15.6 Å². The van der Waals surface area contributed by atoms with Gasteiger partial charge in [-0.2, -0.15) is 15.2 Å². The van der Waals surface area contributed by atoms with Crippen LogP contribution in [0.4, 0.5) is 0 Å². The molecule has 21 heavy (non-hydrogen) atoms. The van der Waals surface area contributed by atoms with Crippen molar-refractivity contribution >= 4 is 0 Å². The summed E-state index contributed by atoms with van der Waals surface area (Å²) in [6.07, 6.45) is 0. The highest BCUT2D eigenvalue weighted by atomic mass is 16.5. The van der Waals surface area contributed by atoms with Gasteiger partial charge in [0.1, 0.15) is 0 Å². The van der Waals surface area contributed by atoms with Crippen molar-refractivity contribution in [2.75, 3.05) is 19.6 Å². The molecule has 0 radical (unpaired) electrons. The molecule has 0 fully saturated rings. The molecule has 0 aromatic carbocycles. The lowest BCUT2D eigenvalue weighted by Gasteiger charge is -2.32. The molecule has 0 aliphatic carbocycles. The Bertz CT molecular complexity index is 458. The normalized spacial score (nSPS) is 23.8. The van der Waals surface area contributed by atoms with Crippen LogP contribution in [0, 0.1) is 5.92 Å². The minimum Gasteiger partial charge on any atom is -0.314 e. The fourth-order valence-corrected chi connectivity index (χ4v) is 2.44. The van der Waals surface area contributed by atoms with Crippen molar-refractivity contribution in [3.8, 4) is 0 Å². The molecule has 2 bridgehead atoms. The monoisotopic (exact) mass is 296 g/mol. The van der Waals surface area contributed by atoms with Crippen LogP contribution in [0.5, 0.6) is 0 Å². The first kappa shape index (κ1) is 16.3. The summed E-state index contributed by atoms with van der Waals surface area (Å²) in [6.45, 7) is 5.48. The van der Waals surface area contributed by atoms with Crippen molar-refractivity contribution in [3.63, 3.8) is 0 Å². The zero-order valence-corrected chi connectivity index (χ0v) is 12.6. The summed E-state index contributed by atoms with van der Waals surface area (Å²) in [6, 6.07) is 5.32. The van der Waals surface area contributed by atoms with Gasteiger partial charge in [-0.25, -0.2) is 0 Å². The third-order valence-corrected chi connectivity index (χ3v) is 3.70. The van der Waals surface area contributed by atoms with Gasteiger partial charge in [-0.3, -0.25) is 4.98 Å². The van der Waals surface area contributed by atoms with E-state index in [2.05, 4.69) is 4.98 Å². The number of fused-ring (bicyclic) bond motifs is 2. The second-order valence-corrected chi connectivity index (χ2v) is 5.83. The number of rotatable bonds is 1. The molecular formula is C14H24N4O3. The van der Waals surface area contributed by atoms with Gasteiger partial charge in [0.05, 0.1) is 30.5 Å². The van der Waals surface area contributed by atoms with Gasteiger partial charge in [0, 0.05) is 19.6 Å². The van der Waals surface area contributed by atoms with Crippen molar-refractivity contribution in [2.45, 2.75) is 33.0 Å². The average molecular weight is 296 g/mol. The maximum atomic E-state index is 10.3. The predicted octanol–water partition coefficient (Wildman–Crippen LogP) is 1.19. The lowest BCUT2D eigenvalue weighted by atomic mass is 10.0. The van der Waals surface area contributed by atoms with Gasteiger partial charge in [-0.1, -0.05) is 19.9 Å². The zero-order chi connectivity index (χ0) is 15.4. The van der Waals surface area contributed by atoms with E-state index in [1.54, 1.807) is 0 Å². The van der Waals surface area contributed by atoms with Crippen molar-refractivity contribution < 1.29 is 15.6 Å². The Morgan fingerprint density at radius 3 is 2.33 bits per heavy atom. The number of hydrogen-bond donors (Lipinski definition) is 3. The van der Waals surface area contributed by atoms with Crippen LogP contribution in [0.25, 0.3) is 0 Å². The summed E-state index contributed by atoms with van der Waals surface area (Å²) >= 11 is 0. The number of aromatic nitrogens is 1. The summed E-state index contributed by atoms with van der Waals surface area (Å²) in [7, 11) is 0. The van der Waals surface area contributed by atoms with Gasteiger partial charge in [0.15, 0.2) is 0 Å². The quantitative estimate of drug-likeness (QED) is 0.718. The van der Waals surface area contributed by atoms with Crippen molar-refractivity contribution in [2.24, 2.45) is 5.92 Å². The molecule has 0 spiro atoms. The minimum absolute atomic E-state index is 0.168. The van der Waals surface area contributed by atoms with Crippen LogP contribution >= 0.6 is 0 Å². The molecule has 0 saturated carbocycles. The predicted molar refractivity (Wildman–Crippen MR) is 75.7 cm³/mol. The highest BCUT2D eigenvalue weighted by Gasteiger charge is 2.24. The molecular weight excluding hydrogens is 272 g/mol. The number of hydroxylamine groups is 6. The summed E-state index contributed by atoms with van der Waals surface area (Å²) in [5, 5.41) is 33.6. The van der Waals surface area contributed by atoms with E-state index in [1.807, 2.05) is 32.0 Å². The molecule has 1 aromatic heterocycles. The van der Waals surface area contributed by atoms with Crippen LogP contribution in [-0.2, 0) is 13.1 Å². The fraction of sp³-hybridized carbons (Fsp3) is 0.643. The van der Waals surface area contributed by atoms with E-state index in [4.69, 9.17) is 0 Å². The maximum absolute atomic E-state index is 10.3. The molecule has 1 unspecified atom stereocenters. The Morgan fingerprint density at radius 1 is 1.05 bits per heavy atom. The van der Waals surface area contributed by atoms with Crippen molar-refractivity contribution in [1.82, 2.24) is 20.2 Å². The molecule has 0 saturated heterocycles. The van der Waals surface area contributed by atoms with E-state index in [0.717, 1.165) is 21.5 Å². The van der Waals surface area contributed by atoms with E-state index in [9.17, 15) is 15.6 Å². The molecule has 0 amide bonds. The van der Waals surface area contributed by atoms with Crippen LogP contribution in [0.2, 0.25) is 0 Å². The van der Waals surface area contributed by atoms with Gasteiger partial charge in [0.25, 0.3) is 0 Å². The Kier molecular flexibility index (Phi) is 5.63. The standard InChI is InChI=1S/C14H24N4O3/c1-11(2)14-10-17(20)7-6-16(19)8-12-4-3-5-13(15-12)9-18(14)21/h3-5,11,14,19-21H,6-10H2,1-2H3. The first-order valence-corrected chi connectivity index (χ1v) is 7.23. The van der Waals surface area contributed by atoms with Gasteiger partial charge in [0.2, 0.25) is 0 Å². The van der Waals surface area contributed by atoms with E-state index in [0.29, 0.717) is 26.2 Å². The van der Waals surface area contributed by atoms with E-state index in [1.165, 1.54) is 5.06 Å². The third-order valence-electron chi connectivity index (χ3n) is 3.70. The van der Waals surface area contributed by atoms with Crippen molar-refractivity contribution in [3.05, 3.63) is 29.6 Å². The molecule has 1 atom stereocenters. The number of nitrogens with zero attached hydrogens (tertiary/aromatic N) is 4. The zero-order valence-electron chi connectivity index (χ0n) is 12.6. The molecule has 2 rings (SSSR count). The van der Waals surface area contributed by atoms with Gasteiger partial charge in [-0.15, -0.1) is 0 Å². The molecule has 2 heterocycles. The highest BCUT2D eigenvalue weighted by Crippen LogP contribution is 2.14. The maximum Gasteiger partial charge on any atom is 0.0665 e. The van der Waals surface area contributed by atoms with E-state index >= 15 is 0 Å². The molecule has 3 N–H and O–H groups in total. The lowest BCUT2D eigenvalue weighted by Crippen LogP contribution is -2.46. The number of pyridine rings is 1. The van der Waals surface area contributed by atoms with Crippen LogP contribution in [0.15, 0.2) is 18.2 Å². The largest absolute Gasteiger partial charge is 0.314 e. The van der Waals surface area contributed by atoms with Gasteiger partial charge in [-0.05, 0) is 18.1 Å². The Morgan fingerprint density at radius 2 is 1.67 bits per heavy atom. The first-order valence-electron chi connectivity index (χ1n) is 7.23. The molecule has 7 nitrogen and oxygen atoms in total. The van der Waals surface area contributed by atoms with Crippen LogP contribution < -0.4 is 0 Å². The molecule has 1 aliphatic rings. The summed E-state index contributed by atoms with van der Waals surface area (Å²) in [4.78, 5) is 4.44. The molecule has 1 aliphatic heterocycles. The summed E-state index contributed by atoms with van der Waals surface area (Å²) in [5.41, 5.74) is 1.47. The third kappa shape index (κ3) is 4.70. The SMILES string of the molecule is CC(C)C1CN(O)CCN(O)Cc2cccc(n2)CN1O. The lowest BCUT2D eigenvalue weighted by molar-refractivity contribution is -0.193. The van der Waals surface area contributed by atoms with E-state index in [-0.39, 0.29) is 18.5 Å². The Labute approximate surface area is 124 Å². The number of hydrogen-bond acceptors (Lipinski definition) is 7. The topological polar surface area (TPSA) is 83.3 Å².